The van der Waals surface area contributed by atoms with Crippen LogP contribution < -0.4 is 5.73 Å². The topological polar surface area (TPSA) is 125 Å². The van der Waals surface area contributed by atoms with Gasteiger partial charge in [-0.1, -0.05) is 74.5 Å². The minimum absolute atomic E-state index is 0. The number of aliphatic hydroxyl groups excluding tert-OH is 1. The molecule has 2 aromatic rings. The summed E-state index contributed by atoms with van der Waals surface area (Å²) in [6, 6.07) is 17.1. The van der Waals surface area contributed by atoms with E-state index in [2.05, 4.69) is 0 Å². The van der Waals surface area contributed by atoms with Crippen molar-refractivity contribution in [3.8, 4) is 0 Å². The van der Waals surface area contributed by atoms with E-state index in [0.717, 1.165) is 11.1 Å². The average Bonchev–Trinajstić information content (AvgIpc) is 2.84. The van der Waals surface area contributed by atoms with E-state index >= 15 is 0 Å². The number of carbonyl (C=O) groups excluding carboxylic acids is 3. The van der Waals surface area contributed by atoms with Gasteiger partial charge in [-0.3, -0.25) is 14.4 Å². The number of ether oxygens (including phenoxy) is 3. The minimum Gasteiger partial charge on any atom is -0.460 e. The first-order valence-corrected chi connectivity index (χ1v) is 11.7. The zero-order valence-corrected chi connectivity index (χ0v) is 25.9. The molecule has 5 atom stereocenters. The van der Waals surface area contributed by atoms with E-state index in [1.54, 1.807) is 13.8 Å². The summed E-state index contributed by atoms with van der Waals surface area (Å²) in [7, 11) is 0. The molecule has 0 heterocycles. The van der Waals surface area contributed by atoms with Crippen LogP contribution in [0.5, 0.6) is 0 Å². The third-order valence-electron chi connectivity index (χ3n) is 5.50. The van der Waals surface area contributed by atoms with Gasteiger partial charge in [0.05, 0.1) is 12.0 Å². The summed E-state index contributed by atoms with van der Waals surface area (Å²) in [5, 5.41) is 9.65. The Balaban J connectivity index is 0.00000648. The van der Waals surface area contributed by atoms with Crippen molar-refractivity contribution in [2.75, 3.05) is 0 Å². The van der Waals surface area contributed by atoms with Gasteiger partial charge in [-0.05, 0) is 31.4 Å². The second kappa shape index (κ2) is 16.1. The maximum atomic E-state index is 13.3. The molecule has 0 aliphatic rings. The smallest absolute Gasteiger partial charge is 0.326 e. The molecule has 0 aliphatic carbocycles. The maximum Gasteiger partial charge on any atom is 0.326 e. The first-order valence-electron chi connectivity index (χ1n) is 11.7. The molecule has 3 N–H and O–H groups in total. The van der Waals surface area contributed by atoms with Crippen molar-refractivity contribution in [2.24, 2.45) is 17.6 Å². The van der Waals surface area contributed by atoms with Crippen molar-refractivity contribution in [1.82, 2.24) is 0 Å². The van der Waals surface area contributed by atoms with Gasteiger partial charge in [-0.15, -0.1) is 0 Å². The van der Waals surface area contributed by atoms with Crippen LogP contribution in [0.15, 0.2) is 60.7 Å². The number of hydrogen-bond acceptors (Lipinski definition) is 8. The predicted octanol–water partition coefficient (Wildman–Crippen LogP) is 2.80. The van der Waals surface area contributed by atoms with Crippen molar-refractivity contribution in [2.45, 2.75) is 65.1 Å². The number of nitrogens with two attached hydrogens (primary N) is 1. The molecule has 0 amide bonds. The number of hydrogen-bond donors (Lipinski definition) is 2. The maximum absolute atomic E-state index is 13.3. The normalized spacial score (nSPS) is 15.0. The first-order chi connectivity index (χ1) is 16.6. The third kappa shape index (κ3) is 10.3. The predicted molar refractivity (Wildman–Crippen MR) is 130 cm³/mol. The van der Waals surface area contributed by atoms with E-state index in [1.807, 2.05) is 60.7 Å². The zero-order valence-electron chi connectivity index (χ0n) is 21.2. The molecule has 0 aromatic heterocycles. The van der Waals surface area contributed by atoms with E-state index < -0.39 is 54.1 Å². The molecule has 9 heteroatoms. The quantitative estimate of drug-likeness (QED) is 0.255. The molecule has 0 saturated carbocycles. The van der Waals surface area contributed by atoms with Crippen LogP contribution in [0.3, 0.4) is 0 Å². The van der Waals surface area contributed by atoms with Gasteiger partial charge >= 0.3 is 17.9 Å². The molecule has 0 saturated heterocycles. The Kier molecular flexibility index (Phi) is 14.5. The summed E-state index contributed by atoms with van der Waals surface area (Å²) in [4.78, 5) is 38.3. The summed E-state index contributed by atoms with van der Waals surface area (Å²) in [6.07, 6.45) is -3.12. The van der Waals surface area contributed by atoms with Gasteiger partial charge in [-0.2, -0.15) is 0 Å². The van der Waals surface area contributed by atoms with Crippen molar-refractivity contribution in [3.63, 3.8) is 0 Å². The SMILES string of the molecule is CC(C)C(=O)OC([C@H](C)OC(=O)C(N)[C@@H](C)O)[C@@H](Cc1ccccc1)C(=O)OCc1ccccc1.[Ac]. The van der Waals surface area contributed by atoms with E-state index in [9.17, 15) is 19.5 Å². The molecule has 0 aliphatic heterocycles. The first kappa shape index (κ1) is 32.2. The number of aliphatic hydroxyl groups is 1. The van der Waals surface area contributed by atoms with Crippen molar-refractivity contribution < 1.29 is 77.8 Å². The fourth-order valence-electron chi connectivity index (χ4n) is 3.34. The molecule has 193 valence electrons. The second-order valence-electron chi connectivity index (χ2n) is 8.85. The van der Waals surface area contributed by atoms with Gasteiger partial charge in [0.2, 0.25) is 0 Å². The van der Waals surface area contributed by atoms with Crippen LogP contribution in [0.2, 0.25) is 0 Å². The number of carbonyl (C=O) groups is 3. The van der Waals surface area contributed by atoms with Crippen LogP contribution in [0.1, 0.15) is 38.8 Å². The molecule has 1 radical (unpaired) electrons. The largest absolute Gasteiger partial charge is 0.460 e. The summed E-state index contributed by atoms with van der Waals surface area (Å²) >= 11 is 0. The van der Waals surface area contributed by atoms with E-state index in [-0.39, 0.29) is 57.1 Å². The number of esters is 3. The van der Waals surface area contributed by atoms with Gasteiger partial charge in [0, 0.05) is 44.1 Å². The van der Waals surface area contributed by atoms with Crippen molar-refractivity contribution in [1.29, 1.82) is 0 Å². The molecule has 2 unspecified atom stereocenters. The molecule has 8 nitrogen and oxygen atoms in total. The van der Waals surface area contributed by atoms with Crippen LogP contribution in [0.25, 0.3) is 0 Å². The Morgan fingerprint density at radius 2 is 1.33 bits per heavy atom. The van der Waals surface area contributed by atoms with Gasteiger partial charge in [0.1, 0.15) is 24.7 Å². The van der Waals surface area contributed by atoms with Crippen LogP contribution >= 0.6 is 0 Å². The second-order valence-corrected chi connectivity index (χ2v) is 8.85. The van der Waals surface area contributed by atoms with Crippen LogP contribution in [0, 0.1) is 55.9 Å². The van der Waals surface area contributed by atoms with E-state index in [1.165, 1.54) is 13.8 Å². The summed E-state index contributed by atoms with van der Waals surface area (Å²) in [5.41, 5.74) is 7.33. The van der Waals surface area contributed by atoms with Crippen LogP contribution in [-0.4, -0.2) is 47.4 Å². The van der Waals surface area contributed by atoms with E-state index in [4.69, 9.17) is 19.9 Å². The van der Waals surface area contributed by atoms with Crippen LogP contribution in [0.4, 0.5) is 0 Å². The molecule has 2 aromatic carbocycles. The van der Waals surface area contributed by atoms with Crippen molar-refractivity contribution >= 4 is 17.9 Å². The van der Waals surface area contributed by atoms with Crippen molar-refractivity contribution in [3.05, 3.63) is 71.8 Å². The summed E-state index contributed by atoms with van der Waals surface area (Å²) < 4.78 is 16.7. The van der Waals surface area contributed by atoms with Gasteiger partial charge < -0.3 is 25.1 Å². The third-order valence-corrected chi connectivity index (χ3v) is 5.50. The molecule has 0 bridgehead atoms. The summed E-state index contributed by atoms with van der Waals surface area (Å²) in [6.45, 7) is 6.26. The van der Waals surface area contributed by atoms with Crippen LogP contribution in [-0.2, 0) is 41.6 Å². The Morgan fingerprint density at radius 3 is 1.83 bits per heavy atom. The monoisotopic (exact) mass is 712 g/mol. The standard InChI is InChI=1S/C27H35NO7.Ac/c1-17(2)25(30)35-24(19(4)34-27(32)23(28)18(3)29)22(15-20-11-7-5-8-12-20)26(31)33-16-21-13-9-6-10-14-21;/h5-14,17-19,22-24,29H,15-16,28H2,1-4H3;/t18-,19+,22-,23?,24?;/m1./s1. The van der Waals surface area contributed by atoms with Gasteiger partial charge in [0.15, 0.2) is 6.10 Å². The Bertz CT molecular complexity index is 953. The number of benzene rings is 2. The Morgan fingerprint density at radius 1 is 0.806 bits per heavy atom. The molecule has 36 heavy (non-hydrogen) atoms. The zero-order chi connectivity index (χ0) is 26.0. The average molecular weight is 713 g/mol. The number of rotatable bonds is 12. The Hall–Kier alpha value is -1.79. The molecule has 0 fully saturated rings. The van der Waals surface area contributed by atoms with Gasteiger partial charge in [0.25, 0.3) is 0 Å². The molecule has 2 rings (SSSR count). The minimum atomic E-state index is -1.28. The summed E-state index contributed by atoms with van der Waals surface area (Å²) in [5.74, 6) is -3.45. The molecular formula is C27H35AcNO7. The molecular weight excluding hydrogens is 677 g/mol. The fourth-order valence-corrected chi connectivity index (χ4v) is 3.34. The van der Waals surface area contributed by atoms with Gasteiger partial charge in [-0.25, -0.2) is 0 Å². The fraction of sp³-hybridized carbons (Fsp3) is 0.444. The Labute approximate surface area is 248 Å². The molecule has 0 spiro atoms. The van der Waals surface area contributed by atoms with E-state index in [0.29, 0.717) is 0 Å².